The third kappa shape index (κ3) is 3.16. The minimum Gasteiger partial charge on any atom is -0.480 e. The number of carbonyl (C=O) groups excluding carboxylic acids is 1. The summed E-state index contributed by atoms with van der Waals surface area (Å²) in [5, 5.41) is 17.6. The highest BCUT2D eigenvalue weighted by Gasteiger charge is 2.44. The van der Waals surface area contributed by atoms with Gasteiger partial charge in [0.25, 0.3) is 0 Å². The maximum Gasteiger partial charge on any atom is 0.329 e. The van der Waals surface area contributed by atoms with Gasteiger partial charge in [0.15, 0.2) is 0 Å². The van der Waals surface area contributed by atoms with Crippen LogP contribution >= 0.6 is 0 Å². The van der Waals surface area contributed by atoms with E-state index in [1.165, 1.54) is 0 Å². The van der Waals surface area contributed by atoms with Gasteiger partial charge in [-0.3, -0.25) is 0 Å². The average molecular weight is 272 g/mol. The summed E-state index contributed by atoms with van der Waals surface area (Å²) in [6.07, 6.45) is 0.836. The highest BCUT2D eigenvalue weighted by atomic mass is 16.5. The molecule has 2 heterocycles. The van der Waals surface area contributed by atoms with E-state index in [9.17, 15) is 9.59 Å². The number of carboxylic acid groups (broad SMARTS) is 1. The van der Waals surface area contributed by atoms with Crippen LogP contribution in [0.2, 0.25) is 0 Å². The van der Waals surface area contributed by atoms with E-state index in [1.807, 2.05) is 0 Å². The standard InChI is InChI=1S/C12H20N2O5/c1-12(19-6-10(16)17)7-14(8-12)11(18)13-3-2-9(4-13)5-15/h9,15H,2-8H2,1H3,(H,16,17). The van der Waals surface area contributed by atoms with Crippen molar-refractivity contribution in [3.8, 4) is 0 Å². The molecule has 19 heavy (non-hydrogen) atoms. The molecule has 2 rings (SSSR count). The van der Waals surface area contributed by atoms with Gasteiger partial charge in [-0.05, 0) is 13.3 Å². The van der Waals surface area contributed by atoms with Crippen molar-refractivity contribution < 1.29 is 24.5 Å². The summed E-state index contributed by atoms with van der Waals surface area (Å²) in [6, 6.07) is -0.0487. The zero-order valence-electron chi connectivity index (χ0n) is 11.0. The highest BCUT2D eigenvalue weighted by Crippen LogP contribution is 2.27. The first-order chi connectivity index (χ1) is 8.93. The van der Waals surface area contributed by atoms with Crippen LogP contribution in [0.25, 0.3) is 0 Å². The van der Waals surface area contributed by atoms with Gasteiger partial charge in [-0.2, -0.15) is 0 Å². The van der Waals surface area contributed by atoms with Gasteiger partial charge in [0, 0.05) is 25.6 Å². The molecule has 2 aliphatic rings. The zero-order valence-corrected chi connectivity index (χ0v) is 11.0. The Morgan fingerprint density at radius 3 is 2.58 bits per heavy atom. The monoisotopic (exact) mass is 272 g/mol. The average Bonchev–Trinajstić information content (AvgIpc) is 2.80. The number of hydrogen-bond acceptors (Lipinski definition) is 4. The zero-order chi connectivity index (χ0) is 14.0. The summed E-state index contributed by atoms with van der Waals surface area (Å²) in [5.74, 6) is -0.823. The van der Waals surface area contributed by atoms with Gasteiger partial charge in [0.2, 0.25) is 0 Å². The third-order valence-corrected chi connectivity index (χ3v) is 3.68. The van der Waals surface area contributed by atoms with Crippen molar-refractivity contribution >= 4 is 12.0 Å². The van der Waals surface area contributed by atoms with E-state index in [2.05, 4.69) is 0 Å². The number of carboxylic acids is 1. The summed E-state index contributed by atoms with van der Waals surface area (Å²) >= 11 is 0. The fourth-order valence-electron chi connectivity index (χ4n) is 2.58. The number of ether oxygens (including phenoxy) is 1. The number of carbonyl (C=O) groups is 2. The number of likely N-dealkylation sites (tertiary alicyclic amines) is 2. The molecule has 108 valence electrons. The minimum atomic E-state index is -1.00. The summed E-state index contributed by atoms with van der Waals surface area (Å²) in [7, 11) is 0. The normalized spacial score (nSPS) is 25.3. The van der Waals surface area contributed by atoms with Gasteiger partial charge in [0.1, 0.15) is 12.2 Å². The summed E-state index contributed by atoms with van der Waals surface area (Å²) in [5.41, 5.74) is -0.551. The van der Waals surface area contributed by atoms with E-state index >= 15 is 0 Å². The summed E-state index contributed by atoms with van der Waals surface area (Å²) in [4.78, 5) is 25.9. The van der Waals surface area contributed by atoms with Crippen molar-refractivity contribution in [1.29, 1.82) is 0 Å². The highest BCUT2D eigenvalue weighted by molar-refractivity contribution is 5.76. The summed E-state index contributed by atoms with van der Waals surface area (Å²) < 4.78 is 5.26. The molecular weight excluding hydrogens is 252 g/mol. The Bertz CT molecular complexity index is 367. The molecular formula is C12H20N2O5. The van der Waals surface area contributed by atoms with Crippen LogP contribution in [0.4, 0.5) is 4.79 Å². The maximum absolute atomic E-state index is 12.1. The number of aliphatic hydroxyl groups is 1. The smallest absolute Gasteiger partial charge is 0.329 e. The van der Waals surface area contributed by atoms with Gasteiger partial charge in [-0.25, -0.2) is 9.59 Å². The Balaban J connectivity index is 1.77. The van der Waals surface area contributed by atoms with E-state index in [-0.39, 0.29) is 25.2 Å². The van der Waals surface area contributed by atoms with E-state index in [1.54, 1.807) is 16.7 Å². The Hall–Kier alpha value is -1.34. The number of rotatable bonds is 4. The van der Waals surface area contributed by atoms with Gasteiger partial charge >= 0.3 is 12.0 Å². The molecule has 0 bridgehead atoms. The van der Waals surface area contributed by atoms with E-state index in [0.29, 0.717) is 26.2 Å². The SMILES string of the molecule is CC1(OCC(=O)O)CN(C(=O)N2CCC(CO)C2)C1. The van der Waals surface area contributed by atoms with E-state index < -0.39 is 11.6 Å². The molecule has 2 N–H and O–H groups in total. The van der Waals surface area contributed by atoms with Crippen molar-refractivity contribution in [1.82, 2.24) is 9.80 Å². The molecule has 2 aliphatic heterocycles. The fourth-order valence-corrected chi connectivity index (χ4v) is 2.58. The second-order valence-electron chi connectivity index (χ2n) is 5.55. The number of amides is 2. The lowest BCUT2D eigenvalue weighted by molar-refractivity contribution is -0.160. The van der Waals surface area contributed by atoms with Crippen LogP contribution in [0.5, 0.6) is 0 Å². The predicted molar refractivity (Wildman–Crippen MR) is 65.7 cm³/mol. The maximum atomic E-state index is 12.1. The molecule has 1 unspecified atom stereocenters. The van der Waals surface area contributed by atoms with Crippen LogP contribution in [-0.2, 0) is 9.53 Å². The lowest BCUT2D eigenvalue weighted by Gasteiger charge is -2.48. The first-order valence-corrected chi connectivity index (χ1v) is 6.44. The van der Waals surface area contributed by atoms with Crippen LogP contribution in [0, 0.1) is 5.92 Å². The molecule has 0 radical (unpaired) electrons. The fraction of sp³-hybridized carbons (Fsp3) is 0.833. The molecule has 2 fully saturated rings. The molecule has 2 saturated heterocycles. The van der Waals surface area contributed by atoms with Gasteiger partial charge in [0.05, 0.1) is 13.1 Å². The molecule has 0 aromatic heterocycles. The van der Waals surface area contributed by atoms with Crippen LogP contribution in [0.1, 0.15) is 13.3 Å². The third-order valence-electron chi connectivity index (χ3n) is 3.68. The molecule has 0 saturated carbocycles. The topological polar surface area (TPSA) is 90.3 Å². The van der Waals surface area contributed by atoms with Crippen molar-refractivity contribution in [2.75, 3.05) is 39.4 Å². The predicted octanol–water partition coefficient (Wildman–Crippen LogP) is -0.404. The lowest BCUT2D eigenvalue weighted by atomic mass is 9.97. The number of hydrogen-bond donors (Lipinski definition) is 2. The molecule has 0 aromatic rings. The first-order valence-electron chi connectivity index (χ1n) is 6.44. The summed E-state index contributed by atoms with van der Waals surface area (Å²) in [6.45, 7) is 3.68. The second-order valence-corrected chi connectivity index (χ2v) is 5.55. The molecule has 7 heteroatoms. The molecule has 0 spiro atoms. The van der Waals surface area contributed by atoms with Gasteiger partial charge in [-0.15, -0.1) is 0 Å². The molecule has 1 atom stereocenters. The number of aliphatic hydroxyl groups excluding tert-OH is 1. The quantitative estimate of drug-likeness (QED) is 0.726. The van der Waals surface area contributed by atoms with Crippen molar-refractivity contribution in [3.63, 3.8) is 0 Å². The van der Waals surface area contributed by atoms with Crippen LogP contribution < -0.4 is 0 Å². The van der Waals surface area contributed by atoms with E-state index in [4.69, 9.17) is 14.9 Å². The Morgan fingerprint density at radius 2 is 2.05 bits per heavy atom. The molecule has 2 amide bonds. The molecule has 7 nitrogen and oxygen atoms in total. The van der Waals surface area contributed by atoms with E-state index in [0.717, 1.165) is 6.42 Å². The Labute approximate surface area is 111 Å². The number of aliphatic carboxylic acids is 1. The van der Waals surface area contributed by atoms with Crippen LogP contribution in [0.3, 0.4) is 0 Å². The first kappa shape index (κ1) is 14.1. The Morgan fingerprint density at radius 1 is 1.37 bits per heavy atom. The number of nitrogens with zero attached hydrogens (tertiary/aromatic N) is 2. The molecule has 0 aliphatic carbocycles. The minimum absolute atomic E-state index is 0.0487. The van der Waals surface area contributed by atoms with Crippen molar-refractivity contribution in [2.45, 2.75) is 18.9 Å². The second kappa shape index (κ2) is 5.34. The largest absolute Gasteiger partial charge is 0.480 e. The van der Waals surface area contributed by atoms with Crippen LogP contribution in [0.15, 0.2) is 0 Å². The van der Waals surface area contributed by atoms with Crippen LogP contribution in [-0.4, -0.2) is 77.0 Å². The number of urea groups is 1. The molecule has 0 aromatic carbocycles. The van der Waals surface area contributed by atoms with Gasteiger partial charge in [-0.1, -0.05) is 0 Å². The van der Waals surface area contributed by atoms with Crippen molar-refractivity contribution in [3.05, 3.63) is 0 Å². The van der Waals surface area contributed by atoms with Crippen molar-refractivity contribution in [2.24, 2.45) is 5.92 Å². The van der Waals surface area contributed by atoms with Gasteiger partial charge < -0.3 is 24.7 Å². The lowest BCUT2D eigenvalue weighted by Crippen LogP contribution is -2.65. The Kier molecular flexibility index (Phi) is 3.96.